The van der Waals surface area contributed by atoms with E-state index in [2.05, 4.69) is 34.9 Å². The second-order valence-corrected chi connectivity index (χ2v) is 8.63. The molecule has 168 valence electrons. The fourth-order valence-electron chi connectivity index (χ4n) is 4.69. The summed E-state index contributed by atoms with van der Waals surface area (Å²) in [4.78, 5) is 36.2. The Morgan fingerprint density at radius 1 is 1.06 bits per heavy atom. The number of carboxylic acid groups (broad SMARTS) is 1. The van der Waals surface area contributed by atoms with E-state index < -0.39 is 23.6 Å². The Morgan fingerprint density at radius 3 is 2.16 bits per heavy atom. The van der Waals surface area contributed by atoms with Crippen LogP contribution in [0.5, 0.6) is 0 Å². The summed E-state index contributed by atoms with van der Waals surface area (Å²) in [5.74, 6) is -1.47. The Labute approximate surface area is 187 Å². The van der Waals surface area contributed by atoms with Crippen molar-refractivity contribution in [2.45, 2.75) is 56.5 Å². The molecule has 32 heavy (non-hydrogen) atoms. The molecule has 3 N–H and O–H groups in total. The predicted octanol–water partition coefficient (Wildman–Crippen LogP) is 3.82. The summed E-state index contributed by atoms with van der Waals surface area (Å²) in [5.41, 5.74) is 3.92. The third-order valence-electron chi connectivity index (χ3n) is 6.56. The first kappa shape index (κ1) is 21.9. The first-order valence-corrected chi connectivity index (χ1v) is 11.1. The molecule has 2 aliphatic carbocycles. The van der Waals surface area contributed by atoms with Crippen molar-refractivity contribution in [1.29, 1.82) is 0 Å². The average Bonchev–Trinajstić information content (AvgIpc) is 3.08. The number of carbonyl (C=O) groups is 3. The van der Waals surface area contributed by atoms with Gasteiger partial charge in [0, 0.05) is 12.3 Å². The smallest absolute Gasteiger partial charge is 0.407 e. The summed E-state index contributed by atoms with van der Waals surface area (Å²) in [6.45, 7) is 1.91. The second kappa shape index (κ2) is 9.02. The molecule has 0 radical (unpaired) electrons. The maximum atomic E-state index is 12.6. The van der Waals surface area contributed by atoms with Crippen molar-refractivity contribution < 1.29 is 24.2 Å². The zero-order valence-corrected chi connectivity index (χ0v) is 18.1. The maximum absolute atomic E-state index is 12.6. The summed E-state index contributed by atoms with van der Waals surface area (Å²) in [5, 5.41) is 14.6. The average molecular weight is 437 g/mol. The van der Waals surface area contributed by atoms with Crippen LogP contribution in [0.4, 0.5) is 4.79 Å². The number of carboxylic acids is 1. The molecule has 1 saturated carbocycles. The van der Waals surface area contributed by atoms with Gasteiger partial charge in [-0.05, 0) is 47.9 Å². The fraction of sp³-hybridized carbons (Fsp3) is 0.400. The van der Waals surface area contributed by atoms with E-state index in [0.717, 1.165) is 28.7 Å². The lowest BCUT2D eigenvalue weighted by Gasteiger charge is -2.41. The van der Waals surface area contributed by atoms with E-state index in [0.29, 0.717) is 19.3 Å². The molecule has 0 bridgehead atoms. The summed E-state index contributed by atoms with van der Waals surface area (Å²) in [7, 11) is 0. The summed E-state index contributed by atoms with van der Waals surface area (Å²) < 4.78 is 5.62. The van der Waals surface area contributed by atoms with E-state index >= 15 is 0 Å². The van der Waals surface area contributed by atoms with Crippen LogP contribution < -0.4 is 10.6 Å². The number of hydrogen-bond donors (Lipinski definition) is 3. The minimum absolute atomic E-state index is 0.0327. The van der Waals surface area contributed by atoms with Crippen molar-refractivity contribution >= 4 is 18.0 Å². The number of carbonyl (C=O) groups excluding carboxylic acids is 2. The van der Waals surface area contributed by atoms with Crippen LogP contribution in [0.3, 0.4) is 0 Å². The third kappa shape index (κ3) is 4.33. The highest BCUT2D eigenvalue weighted by Crippen LogP contribution is 2.44. The van der Waals surface area contributed by atoms with Gasteiger partial charge in [-0.25, -0.2) is 9.59 Å². The van der Waals surface area contributed by atoms with Crippen molar-refractivity contribution in [3.8, 4) is 11.1 Å². The van der Waals surface area contributed by atoms with E-state index in [1.165, 1.54) is 0 Å². The molecule has 0 heterocycles. The molecule has 0 aromatic heterocycles. The molecular weight excluding hydrogens is 408 g/mol. The van der Waals surface area contributed by atoms with Crippen LogP contribution in [0, 0.1) is 0 Å². The second-order valence-electron chi connectivity index (χ2n) is 8.63. The number of alkyl carbamates (subject to hydrolysis) is 1. The van der Waals surface area contributed by atoms with E-state index in [-0.39, 0.29) is 24.9 Å². The summed E-state index contributed by atoms with van der Waals surface area (Å²) in [6.07, 6.45) is 2.01. The highest BCUT2D eigenvalue weighted by atomic mass is 16.5. The number of fused-ring (bicyclic) bond motifs is 3. The molecule has 0 aliphatic heterocycles. The van der Waals surface area contributed by atoms with Gasteiger partial charge in [-0.1, -0.05) is 55.5 Å². The maximum Gasteiger partial charge on any atom is 0.407 e. The van der Waals surface area contributed by atoms with Crippen molar-refractivity contribution in [3.63, 3.8) is 0 Å². The Hall–Kier alpha value is -3.35. The number of ether oxygens (including phenoxy) is 1. The van der Waals surface area contributed by atoms with Crippen LogP contribution in [-0.4, -0.2) is 41.3 Å². The number of nitrogens with one attached hydrogen (secondary N) is 2. The Morgan fingerprint density at radius 2 is 1.66 bits per heavy atom. The molecule has 2 aromatic carbocycles. The zero-order valence-electron chi connectivity index (χ0n) is 18.1. The molecule has 1 atom stereocenters. The quantitative estimate of drug-likeness (QED) is 0.584. The van der Waals surface area contributed by atoms with Crippen molar-refractivity contribution in [1.82, 2.24) is 10.6 Å². The summed E-state index contributed by atoms with van der Waals surface area (Å²) in [6, 6.07) is 15.3. The van der Waals surface area contributed by atoms with E-state index in [4.69, 9.17) is 9.84 Å². The van der Waals surface area contributed by atoms with Crippen LogP contribution in [0.2, 0.25) is 0 Å². The van der Waals surface area contributed by atoms with Gasteiger partial charge in [-0.3, -0.25) is 4.79 Å². The minimum atomic E-state index is -1.06. The number of benzene rings is 2. The molecule has 0 spiro atoms. The van der Waals surface area contributed by atoms with Crippen LogP contribution in [0.15, 0.2) is 48.5 Å². The van der Waals surface area contributed by atoms with Gasteiger partial charge in [-0.2, -0.15) is 0 Å². The standard InChI is InChI=1S/C25H28N2O5/c1-2-21(23(29)30)26-22(28)14-25(12-7-13-25)27-24(31)32-15-20-18-10-5-3-8-16(18)17-9-4-6-11-19(17)20/h3-6,8-11,20-21H,2,7,12-15H2,1H3,(H,26,28)(H,27,31)(H,29,30)/t21-/m1/s1. The predicted molar refractivity (Wildman–Crippen MR) is 119 cm³/mol. The van der Waals surface area contributed by atoms with Gasteiger partial charge in [0.25, 0.3) is 0 Å². The molecular formula is C25H28N2O5. The molecule has 7 nitrogen and oxygen atoms in total. The van der Waals surface area contributed by atoms with Gasteiger partial charge in [-0.15, -0.1) is 0 Å². The van der Waals surface area contributed by atoms with E-state index in [9.17, 15) is 14.4 Å². The first-order valence-electron chi connectivity index (χ1n) is 11.1. The summed E-state index contributed by atoms with van der Waals surface area (Å²) >= 11 is 0. The molecule has 2 aliphatic rings. The molecule has 2 amide bonds. The number of amides is 2. The monoisotopic (exact) mass is 436 g/mol. The topological polar surface area (TPSA) is 105 Å². The lowest BCUT2D eigenvalue weighted by molar-refractivity contribution is -0.142. The number of hydrogen-bond acceptors (Lipinski definition) is 4. The fourth-order valence-corrected chi connectivity index (χ4v) is 4.69. The Bertz CT molecular complexity index is 985. The molecule has 0 unspecified atom stereocenters. The molecule has 1 fully saturated rings. The molecule has 7 heteroatoms. The lowest BCUT2D eigenvalue weighted by atomic mass is 9.74. The number of aliphatic carboxylic acids is 1. The lowest BCUT2D eigenvalue weighted by Crippen LogP contribution is -2.56. The Kier molecular flexibility index (Phi) is 6.17. The highest BCUT2D eigenvalue weighted by Gasteiger charge is 2.41. The normalized spacial score (nSPS) is 16.8. The van der Waals surface area contributed by atoms with E-state index in [1.54, 1.807) is 6.92 Å². The Balaban J connectivity index is 1.37. The van der Waals surface area contributed by atoms with Gasteiger partial charge in [0.05, 0.1) is 5.54 Å². The van der Waals surface area contributed by atoms with Gasteiger partial charge >= 0.3 is 12.1 Å². The van der Waals surface area contributed by atoms with E-state index in [1.807, 2.05) is 24.3 Å². The highest BCUT2D eigenvalue weighted by molar-refractivity contribution is 5.85. The van der Waals surface area contributed by atoms with Crippen molar-refractivity contribution in [3.05, 3.63) is 59.7 Å². The molecule has 0 saturated heterocycles. The molecule has 2 aromatic rings. The van der Waals surface area contributed by atoms with Gasteiger partial charge < -0.3 is 20.5 Å². The van der Waals surface area contributed by atoms with Crippen LogP contribution in [-0.2, 0) is 14.3 Å². The third-order valence-corrected chi connectivity index (χ3v) is 6.56. The number of rotatable bonds is 8. The minimum Gasteiger partial charge on any atom is -0.480 e. The van der Waals surface area contributed by atoms with Crippen molar-refractivity contribution in [2.75, 3.05) is 6.61 Å². The van der Waals surface area contributed by atoms with Crippen molar-refractivity contribution in [2.24, 2.45) is 0 Å². The molecule has 4 rings (SSSR count). The van der Waals surface area contributed by atoms with Crippen LogP contribution >= 0.6 is 0 Å². The SMILES string of the molecule is CC[C@@H](NC(=O)CC1(NC(=O)OCC2c3ccccc3-c3ccccc32)CCC1)C(=O)O. The van der Waals surface area contributed by atoms with Gasteiger partial charge in [0.15, 0.2) is 0 Å². The van der Waals surface area contributed by atoms with Crippen LogP contribution in [0.25, 0.3) is 11.1 Å². The van der Waals surface area contributed by atoms with Crippen LogP contribution in [0.1, 0.15) is 56.1 Å². The largest absolute Gasteiger partial charge is 0.480 e. The first-order chi connectivity index (χ1) is 15.4. The van der Waals surface area contributed by atoms with Gasteiger partial charge in [0.2, 0.25) is 5.91 Å². The van der Waals surface area contributed by atoms with Gasteiger partial charge in [0.1, 0.15) is 12.6 Å². The zero-order chi connectivity index (χ0) is 22.7.